The number of furan rings is 2. The van der Waals surface area contributed by atoms with Crippen LogP contribution in [0.15, 0.2) is 50.8 Å². The van der Waals surface area contributed by atoms with Crippen molar-refractivity contribution in [3.05, 3.63) is 36.8 Å². The molecule has 0 radical (unpaired) electrons. The van der Waals surface area contributed by atoms with Crippen molar-refractivity contribution in [1.29, 1.82) is 0 Å². The summed E-state index contributed by atoms with van der Waals surface area (Å²) >= 11 is 1.30. The Balaban J connectivity index is 1.52. The van der Waals surface area contributed by atoms with Crippen LogP contribution in [-0.2, 0) is 4.79 Å². The molecule has 1 aliphatic rings. The SMILES string of the molecule is O=C(CSc1nnc(-c2ccco2)c(-c2ccco2)n1)N1CCCCCC1. The minimum Gasteiger partial charge on any atom is -0.463 e. The Morgan fingerprint density at radius 1 is 0.963 bits per heavy atom. The molecule has 7 nitrogen and oxygen atoms in total. The van der Waals surface area contributed by atoms with Crippen molar-refractivity contribution >= 4 is 17.7 Å². The van der Waals surface area contributed by atoms with Crippen molar-refractivity contribution in [1.82, 2.24) is 20.1 Å². The largest absolute Gasteiger partial charge is 0.463 e. The lowest BCUT2D eigenvalue weighted by Crippen LogP contribution is -2.33. The molecule has 0 aliphatic carbocycles. The predicted octanol–water partition coefficient (Wildman–Crippen LogP) is 3.89. The van der Waals surface area contributed by atoms with Crippen LogP contribution in [0, 0.1) is 0 Å². The van der Waals surface area contributed by atoms with Gasteiger partial charge in [0.25, 0.3) is 0 Å². The second-order valence-corrected chi connectivity index (χ2v) is 7.27. The number of aromatic nitrogens is 3. The third-order valence-electron chi connectivity index (χ3n) is 4.46. The van der Waals surface area contributed by atoms with Crippen LogP contribution >= 0.6 is 11.8 Å². The molecule has 0 N–H and O–H groups in total. The summed E-state index contributed by atoms with van der Waals surface area (Å²) < 4.78 is 10.9. The highest BCUT2D eigenvalue weighted by molar-refractivity contribution is 7.99. The summed E-state index contributed by atoms with van der Waals surface area (Å²) in [5.74, 6) is 1.58. The molecule has 0 unspecified atom stereocenters. The number of rotatable bonds is 5. The van der Waals surface area contributed by atoms with Gasteiger partial charge in [0.1, 0.15) is 5.69 Å². The first-order chi connectivity index (χ1) is 13.3. The summed E-state index contributed by atoms with van der Waals surface area (Å²) in [7, 11) is 0. The summed E-state index contributed by atoms with van der Waals surface area (Å²) in [4.78, 5) is 19.0. The zero-order valence-corrected chi connectivity index (χ0v) is 15.7. The van der Waals surface area contributed by atoms with Crippen LogP contribution < -0.4 is 0 Å². The average Bonchev–Trinajstić information content (AvgIpc) is 3.36. The number of nitrogens with zero attached hydrogens (tertiary/aromatic N) is 4. The van der Waals surface area contributed by atoms with Gasteiger partial charge in [-0.25, -0.2) is 4.98 Å². The Labute approximate surface area is 161 Å². The van der Waals surface area contributed by atoms with E-state index in [1.165, 1.54) is 24.6 Å². The van der Waals surface area contributed by atoms with Crippen molar-refractivity contribution in [2.24, 2.45) is 0 Å². The van der Waals surface area contributed by atoms with Gasteiger partial charge in [0.2, 0.25) is 11.1 Å². The molecule has 4 heterocycles. The topological polar surface area (TPSA) is 85.3 Å². The van der Waals surface area contributed by atoms with E-state index in [4.69, 9.17) is 8.83 Å². The zero-order chi connectivity index (χ0) is 18.5. The van der Waals surface area contributed by atoms with Gasteiger partial charge < -0.3 is 13.7 Å². The first kappa shape index (κ1) is 17.8. The summed E-state index contributed by atoms with van der Waals surface area (Å²) in [5.41, 5.74) is 1.06. The van der Waals surface area contributed by atoms with Crippen molar-refractivity contribution in [3.8, 4) is 22.9 Å². The van der Waals surface area contributed by atoms with Gasteiger partial charge in [0, 0.05) is 13.1 Å². The fraction of sp³-hybridized carbons (Fsp3) is 0.368. The van der Waals surface area contributed by atoms with Gasteiger partial charge in [-0.05, 0) is 37.1 Å². The van der Waals surface area contributed by atoms with E-state index in [1.807, 2.05) is 11.0 Å². The van der Waals surface area contributed by atoms with E-state index >= 15 is 0 Å². The maximum Gasteiger partial charge on any atom is 0.233 e. The third-order valence-corrected chi connectivity index (χ3v) is 5.28. The lowest BCUT2D eigenvalue weighted by Gasteiger charge is -2.19. The van der Waals surface area contributed by atoms with Crippen LogP contribution in [-0.4, -0.2) is 44.8 Å². The molecule has 0 saturated carbocycles. The third kappa shape index (κ3) is 4.21. The Morgan fingerprint density at radius 3 is 2.26 bits per heavy atom. The van der Waals surface area contributed by atoms with Crippen molar-refractivity contribution in [2.75, 3.05) is 18.8 Å². The first-order valence-corrected chi connectivity index (χ1v) is 10.0. The van der Waals surface area contributed by atoms with Crippen molar-refractivity contribution < 1.29 is 13.6 Å². The number of hydrogen-bond donors (Lipinski definition) is 0. The minimum absolute atomic E-state index is 0.125. The first-order valence-electron chi connectivity index (χ1n) is 9.04. The normalized spacial score (nSPS) is 14.9. The molecule has 3 aromatic rings. The lowest BCUT2D eigenvalue weighted by molar-refractivity contribution is -0.128. The molecule has 27 heavy (non-hydrogen) atoms. The van der Waals surface area contributed by atoms with Crippen LogP contribution in [0.3, 0.4) is 0 Å². The highest BCUT2D eigenvalue weighted by Gasteiger charge is 2.20. The van der Waals surface area contributed by atoms with Crippen LogP contribution in [0.25, 0.3) is 22.9 Å². The quantitative estimate of drug-likeness (QED) is 0.617. The summed E-state index contributed by atoms with van der Waals surface area (Å²) in [6, 6.07) is 7.19. The van der Waals surface area contributed by atoms with E-state index in [0.29, 0.717) is 33.8 Å². The van der Waals surface area contributed by atoms with Crippen LogP contribution in [0.4, 0.5) is 0 Å². The standard InChI is InChI=1S/C19H20N4O3S/c24-16(23-9-3-1-2-4-10-23)13-27-19-20-17(14-7-5-11-25-14)18(21-22-19)15-8-6-12-26-15/h5-8,11-12H,1-4,9-10,13H2. The monoisotopic (exact) mass is 384 g/mol. The number of likely N-dealkylation sites (tertiary alicyclic amines) is 1. The fourth-order valence-corrected chi connectivity index (χ4v) is 3.76. The van der Waals surface area contributed by atoms with Crippen LogP contribution in [0.1, 0.15) is 25.7 Å². The highest BCUT2D eigenvalue weighted by Crippen LogP contribution is 2.30. The Kier molecular flexibility index (Phi) is 5.53. The minimum atomic E-state index is 0.125. The maximum atomic E-state index is 12.5. The molecule has 0 aromatic carbocycles. The lowest BCUT2D eigenvalue weighted by atomic mass is 10.2. The van der Waals surface area contributed by atoms with E-state index in [-0.39, 0.29) is 5.91 Å². The molecular formula is C19H20N4O3S. The number of thioether (sulfide) groups is 1. The number of carbonyl (C=O) groups is 1. The molecule has 0 bridgehead atoms. The van der Waals surface area contributed by atoms with Gasteiger partial charge in [0.15, 0.2) is 17.2 Å². The van der Waals surface area contributed by atoms with E-state index in [1.54, 1.807) is 30.7 Å². The van der Waals surface area contributed by atoms with E-state index in [2.05, 4.69) is 15.2 Å². The average molecular weight is 384 g/mol. The number of carbonyl (C=O) groups excluding carboxylic acids is 1. The second kappa shape index (κ2) is 8.39. The fourth-order valence-electron chi connectivity index (χ4n) is 3.07. The van der Waals surface area contributed by atoms with Gasteiger partial charge in [-0.1, -0.05) is 24.6 Å². The zero-order valence-electron chi connectivity index (χ0n) is 14.8. The smallest absolute Gasteiger partial charge is 0.233 e. The Hall–Kier alpha value is -2.61. The molecule has 4 rings (SSSR count). The van der Waals surface area contributed by atoms with Crippen LogP contribution in [0.5, 0.6) is 0 Å². The van der Waals surface area contributed by atoms with E-state index in [0.717, 1.165) is 25.9 Å². The molecule has 1 saturated heterocycles. The molecule has 1 fully saturated rings. The molecule has 8 heteroatoms. The molecule has 1 aliphatic heterocycles. The molecule has 0 atom stereocenters. The molecular weight excluding hydrogens is 364 g/mol. The Morgan fingerprint density at radius 2 is 1.63 bits per heavy atom. The van der Waals surface area contributed by atoms with Crippen molar-refractivity contribution in [3.63, 3.8) is 0 Å². The second-order valence-electron chi connectivity index (χ2n) is 6.33. The summed E-state index contributed by atoms with van der Waals surface area (Å²) in [6.07, 6.45) is 7.71. The van der Waals surface area contributed by atoms with Crippen molar-refractivity contribution in [2.45, 2.75) is 30.8 Å². The number of hydrogen-bond acceptors (Lipinski definition) is 7. The van der Waals surface area contributed by atoms with E-state index < -0.39 is 0 Å². The maximum absolute atomic E-state index is 12.5. The van der Waals surface area contributed by atoms with E-state index in [9.17, 15) is 4.79 Å². The summed E-state index contributed by atoms with van der Waals surface area (Å²) in [5, 5.41) is 8.89. The highest BCUT2D eigenvalue weighted by atomic mass is 32.2. The molecule has 3 aromatic heterocycles. The van der Waals surface area contributed by atoms with Gasteiger partial charge in [0.05, 0.1) is 18.3 Å². The van der Waals surface area contributed by atoms with Gasteiger partial charge >= 0.3 is 0 Å². The van der Waals surface area contributed by atoms with Gasteiger partial charge in [-0.3, -0.25) is 4.79 Å². The Bertz CT molecular complexity index is 873. The molecule has 140 valence electrons. The number of amides is 1. The summed E-state index contributed by atoms with van der Waals surface area (Å²) in [6.45, 7) is 1.68. The van der Waals surface area contributed by atoms with Gasteiger partial charge in [-0.2, -0.15) is 0 Å². The van der Waals surface area contributed by atoms with Gasteiger partial charge in [-0.15, -0.1) is 10.2 Å². The molecule has 1 amide bonds. The molecule has 0 spiro atoms. The predicted molar refractivity (Wildman–Crippen MR) is 101 cm³/mol. The van der Waals surface area contributed by atoms with Crippen LogP contribution in [0.2, 0.25) is 0 Å².